The molecule has 0 spiro atoms. The van der Waals surface area contributed by atoms with E-state index < -0.39 is 18.7 Å². The van der Waals surface area contributed by atoms with E-state index in [2.05, 4.69) is 21.0 Å². The first kappa shape index (κ1) is 11.0. The summed E-state index contributed by atoms with van der Waals surface area (Å²) in [5, 5.41) is 11.9. The van der Waals surface area contributed by atoms with Crippen LogP contribution in [0.3, 0.4) is 0 Å². The molecule has 0 saturated carbocycles. The average molecular weight is 273 g/mol. The summed E-state index contributed by atoms with van der Waals surface area (Å²) in [6.07, 6.45) is -3.60. The third kappa shape index (κ3) is 2.72. The van der Waals surface area contributed by atoms with E-state index in [9.17, 15) is 18.0 Å². The molecule has 0 unspecified atom stereocenters. The average Bonchev–Trinajstić information content (AvgIpc) is 2.26. The van der Waals surface area contributed by atoms with Crippen molar-refractivity contribution in [1.29, 1.82) is 0 Å². The van der Waals surface area contributed by atoms with E-state index in [0.717, 1.165) is 6.20 Å². The molecule has 0 amide bonds. The highest BCUT2D eigenvalue weighted by Crippen LogP contribution is 2.20. The van der Waals surface area contributed by atoms with Crippen molar-refractivity contribution in [3.05, 3.63) is 16.4 Å². The number of carboxylic acid groups (broad SMARTS) is 1. The monoisotopic (exact) mass is 272 g/mol. The second-order valence-electron chi connectivity index (χ2n) is 2.45. The summed E-state index contributed by atoms with van der Waals surface area (Å²) in [5.41, 5.74) is -0.297. The van der Waals surface area contributed by atoms with Gasteiger partial charge in [0.1, 0.15) is 16.7 Å². The van der Waals surface area contributed by atoms with Crippen LogP contribution >= 0.6 is 15.9 Å². The molecule has 0 aliphatic rings. The quantitative estimate of drug-likeness (QED) is 0.895. The zero-order valence-electron chi connectivity index (χ0n) is 6.55. The Hall–Kier alpha value is -1.05. The predicted octanol–water partition coefficient (Wildman–Crippen LogP) is 1.91. The fourth-order valence-electron chi connectivity index (χ4n) is 0.806. The molecule has 0 bridgehead atoms. The van der Waals surface area contributed by atoms with Crippen molar-refractivity contribution in [2.45, 2.75) is 12.7 Å². The van der Waals surface area contributed by atoms with Gasteiger partial charge in [-0.15, -0.1) is 0 Å². The second kappa shape index (κ2) is 3.60. The van der Waals surface area contributed by atoms with Gasteiger partial charge in [0.05, 0.1) is 0 Å². The summed E-state index contributed by atoms with van der Waals surface area (Å²) < 4.78 is 36.0. The molecule has 0 aromatic carbocycles. The SMILES string of the molecule is O=C(O)c1cn(CC(F)(F)F)nc1Br. The molecule has 1 heterocycles. The standard InChI is InChI=1S/C6H4BrF3N2O2/c7-4-3(5(13)14)1-12(11-4)2-6(8,9)10/h1H,2H2,(H,13,14). The number of nitrogens with zero attached hydrogens (tertiary/aromatic N) is 2. The highest BCUT2D eigenvalue weighted by atomic mass is 79.9. The number of rotatable bonds is 2. The largest absolute Gasteiger partial charge is 0.478 e. The molecule has 0 atom stereocenters. The molecule has 1 N–H and O–H groups in total. The van der Waals surface area contributed by atoms with Gasteiger partial charge in [0.25, 0.3) is 0 Å². The van der Waals surface area contributed by atoms with Gasteiger partial charge in [-0.1, -0.05) is 0 Å². The molecular weight excluding hydrogens is 269 g/mol. The normalized spacial score (nSPS) is 11.7. The van der Waals surface area contributed by atoms with Crippen LogP contribution < -0.4 is 0 Å². The van der Waals surface area contributed by atoms with Gasteiger partial charge >= 0.3 is 12.1 Å². The molecule has 0 radical (unpaired) electrons. The fourth-order valence-corrected chi connectivity index (χ4v) is 1.28. The maximum atomic E-state index is 11.9. The Bertz CT molecular complexity index is 360. The summed E-state index contributed by atoms with van der Waals surface area (Å²) in [7, 11) is 0. The molecule has 4 nitrogen and oxygen atoms in total. The van der Waals surface area contributed by atoms with E-state index in [-0.39, 0.29) is 10.2 Å². The molecule has 1 rings (SSSR count). The van der Waals surface area contributed by atoms with Crippen molar-refractivity contribution >= 4 is 21.9 Å². The minimum atomic E-state index is -4.42. The van der Waals surface area contributed by atoms with E-state index in [1.807, 2.05) is 0 Å². The molecule has 8 heteroatoms. The Morgan fingerprint density at radius 3 is 2.57 bits per heavy atom. The molecule has 1 aromatic rings. The van der Waals surface area contributed by atoms with Crippen LogP contribution in [-0.2, 0) is 6.54 Å². The summed E-state index contributed by atoms with van der Waals surface area (Å²) in [6.45, 7) is -1.31. The van der Waals surface area contributed by atoms with E-state index in [0.29, 0.717) is 4.68 Å². The predicted molar refractivity (Wildman–Crippen MR) is 42.9 cm³/mol. The summed E-state index contributed by atoms with van der Waals surface area (Å²) in [5.74, 6) is -1.33. The topological polar surface area (TPSA) is 55.1 Å². The molecule has 0 fully saturated rings. The van der Waals surface area contributed by atoms with Crippen LogP contribution in [0.15, 0.2) is 10.8 Å². The van der Waals surface area contributed by atoms with Gasteiger partial charge < -0.3 is 5.11 Å². The molecule has 0 aliphatic heterocycles. The van der Waals surface area contributed by atoms with Crippen LogP contribution in [-0.4, -0.2) is 27.0 Å². The van der Waals surface area contributed by atoms with Gasteiger partial charge in [-0.05, 0) is 15.9 Å². The molecule has 0 saturated heterocycles. The Labute approximate surface area is 84.5 Å². The lowest BCUT2D eigenvalue weighted by molar-refractivity contribution is -0.142. The molecule has 14 heavy (non-hydrogen) atoms. The number of alkyl halides is 3. The van der Waals surface area contributed by atoms with E-state index >= 15 is 0 Å². The van der Waals surface area contributed by atoms with E-state index in [1.165, 1.54) is 0 Å². The Morgan fingerprint density at radius 2 is 2.21 bits per heavy atom. The second-order valence-corrected chi connectivity index (χ2v) is 3.20. The maximum Gasteiger partial charge on any atom is 0.408 e. The highest BCUT2D eigenvalue weighted by molar-refractivity contribution is 9.10. The van der Waals surface area contributed by atoms with Crippen LogP contribution in [0, 0.1) is 0 Å². The minimum Gasteiger partial charge on any atom is -0.478 e. The Kier molecular flexibility index (Phi) is 2.84. The van der Waals surface area contributed by atoms with Crippen molar-refractivity contribution in [2.75, 3.05) is 0 Å². The lowest BCUT2D eigenvalue weighted by Gasteiger charge is -2.04. The van der Waals surface area contributed by atoms with Crippen LogP contribution in [0.2, 0.25) is 0 Å². The van der Waals surface area contributed by atoms with Gasteiger partial charge in [-0.3, -0.25) is 4.68 Å². The molecule has 78 valence electrons. The number of carboxylic acids is 1. The van der Waals surface area contributed by atoms with Crippen molar-refractivity contribution in [2.24, 2.45) is 0 Å². The number of aromatic carboxylic acids is 1. The van der Waals surface area contributed by atoms with Crippen molar-refractivity contribution < 1.29 is 23.1 Å². The van der Waals surface area contributed by atoms with Gasteiger partial charge in [0.15, 0.2) is 0 Å². The number of hydrogen-bond donors (Lipinski definition) is 1. The Morgan fingerprint density at radius 1 is 1.64 bits per heavy atom. The number of carbonyl (C=O) groups is 1. The van der Waals surface area contributed by atoms with Crippen LogP contribution in [0.1, 0.15) is 10.4 Å². The summed E-state index contributed by atoms with van der Waals surface area (Å²) in [4.78, 5) is 10.4. The molecule has 1 aromatic heterocycles. The van der Waals surface area contributed by atoms with Crippen molar-refractivity contribution in [1.82, 2.24) is 9.78 Å². The molecular formula is C6H4BrF3N2O2. The van der Waals surface area contributed by atoms with Crippen molar-refractivity contribution in [3.63, 3.8) is 0 Å². The molecule has 0 aliphatic carbocycles. The van der Waals surface area contributed by atoms with Crippen LogP contribution in [0.4, 0.5) is 13.2 Å². The van der Waals surface area contributed by atoms with Gasteiger partial charge in [-0.25, -0.2) is 4.79 Å². The third-order valence-corrected chi connectivity index (χ3v) is 1.87. The first-order valence-corrected chi connectivity index (χ1v) is 4.12. The zero-order chi connectivity index (χ0) is 10.9. The first-order valence-electron chi connectivity index (χ1n) is 3.32. The lowest BCUT2D eigenvalue weighted by atomic mass is 10.4. The van der Waals surface area contributed by atoms with Crippen LogP contribution in [0.25, 0.3) is 0 Å². The number of halogens is 4. The number of aromatic nitrogens is 2. The lowest BCUT2D eigenvalue weighted by Crippen LogP contribution is -2.17. The Balaban J connectivity index is 2.92. The van der Waals surface area contributed by atoms with E-state index in [4.69, 9.17) is 5.11 Å². The van der Waals surface area contributed by atoms with Crippen LogP contribution in [0.5, 0.6) is 0 Å². The minimum absolute atomic E-state index is 0.116. The van der Waals surface area contributed by atoms with E-state index in [1.54, 1.807) is 0 Å². The zero-order valence-corrected chi connectivity index (χ0v) is 8.13. The summed E-state index contributed by atoms with van der Waals surface area (Å²) >= 11 is 2.75. The van der Waals surface area contributed by atoms with Crippen molar-refractivity contribution in [3.8, 4) is 0 Å². The van der Waals surface area contributed by atoms with Gasteiger partial charge in [-0.2, -0.15) is 18.3 Å². The van der Waals surface area contributed by atoms with Gasteiger partial charge in [0, 0.05) is 6.20 Å². The smallest absolute Gasteiger partial charge is 0.408 e. The number of hydrogen-bond acceptors (Lipinski definition) is 2. The summed E-state index contributed by atoms with van der Waals surface area (Å²) in [6, 6.07) is 0. The fraction of sp³-hybridized carbons (Fsp3) is 0.333. The third-order valence-electron chi connectivity index (χ3n) is 1.29. The highest BCUT2D eigenvalue weighted by Gasteiger charge is 2.29. The maximum absolute atomic E-state index is 11.9. The van der Waals surface area contributed by atoms with Gasteiger partial charge in [0.2, 0.25) is 0 Å². The first-order chi connectivity index (χ1) is 6.29.